The van der Waals surface area contributed by atoms with Gasteiger partial charge in [0, 0.05) is 24.5 Å². The summed E-state index contributed by atoms with van der Waals surface area (Å²) in [5, 5.41) is 3.19. The van der Waals surface area contributed by atoms with E-state index < -0.39 is 5.82 Å². The second kappa shape index (κ2) is 10.1. The van der Waals surface area contributed by atoms with E-state index >= 15 is 0 Å². The average molecular weight is 451 g/mol. The first kappa shape index (κ1) is 21.6. The van der Waals surface area contributed by atoms with Crippen LogP contribution in [0.2, 0.25) is 0 Å². The van der Waals surface area contributed by atoms with Crippen molar-refractivity contribution in [1.82, 2.24) is 9.36 Å². The van der Waals surface area contributed by atoms with Crippen LogP contribution in [0.3, 0.4) is 0 Å². The van der Waals surface area contributed by atoms with Crippen LogP contribution in [0.25, 0.3) is 0 Å². The summed E-state index contributed by atoms with van der Waals surface area (Å²) in [5.41, 5.74) is 2.02. The molecule has 0 aliphatic carbocycles. The number of amides is 1. The van der Waals surface area contributed by atoms with Gasteiger partial charge < -0.3 is 10.2 Å². The maximum Gasteiger partial charge on any atom is 0.244 e. The molecular formula is C24H20F2N4OS. The zero-order chi connectivity index (χ0) is 22.3. The molecule has 0 spiro atoms. The van der Waals surface area contributed by atoms with E-state index in [0.29, 0.717) is 23.9 Å². The summed E-state index contributed by atoms with van der Waals surface area (Å²) < 4.78 is 31.5. The van der Waals surface area contributed by atoms with E-state index in [-0.39, 0.29) is 24.0 Å². The van der Waals surface area contributed by atoms with Crippen molar-refractivity contribution < 1.29 is 13.6 Å². The molecule has 1 amide bonds. The molecule has 3 aromatic carbocycles. The summed E-state index contributed by atoms with van der Waals surface area (Å²) in [4.78, 5) is 19.1. The van der Waals surface area contributed by atoms with Gasteiger partial charge in [-0.25, -0.2) is 13.8 Å². The van der Waals surface area contributed by atoms with Gasteiger partial charge in [-0.1, -0.05) is 54.6 Å². The molecule has 0 bridgehead atoms. The molecule has 4 aromatic rings. The van der Waals surface area contributed by atoms with Crippen LogP contribution in [0.4, 0.5) is 19.6 Å². The summed E-state index contributed by atoms with van der Waals surface area (Å²) in [6.45, 7) is 0.422. The normalized spacial score (nSPS) is 10.7. The molecule has 1 heterocycles. The van der Waals surface area contributed by atoms with Crippen molar-refractivity contribution >= 4 is 28.3 Å². The highest BCUT2D eigenvalue weighted by molar-refractivity contribution is 7.09. The minimum absolute atomic E-state index is 0.0194. The molecule has 0 saturated carbocycles. The van der Waals surface area contributed by atoms with E-state index in [1.807, 2.05) is 30.3 Å². The van der Waals surface area contributed by atoms with Crippen molar-refractivity contribution in [3.8, 4) is 0 Å². The number of halogens is 2. The molecule has 1 aromatic heterocycles. The topological polar surface area (TPSA) is 58.1 Å². The molecule has 0 fully saturated rings. The van der Waals surface area contributed by atoms with E-state index in [4.69, 9.17) is 0 Å². The Labute approximate surface area is 188 Å². The fourth-order valence-electron chi connectivity index (χ4n) is 3.15. The molecule has 8 heteroatoms. The first-order chi connectivity index (χ1) is 15.6. The number of rotatable bonds is 8. The summed E-state index contributed by atoms with van der Waals surface area (Å²) in [7, 11) is 0. The molecule has 0 saturated heterocycles. The van der Waals surface area contributed by atoms with E-state index in [1.165, 1.54) is 35.8 Å². The molecule has 32 heavy (non-hydrogen) atoms. The second-order valence-electron chi connectivity index (χ2n) is 7.17. The smallest absolute Gasteiger partial charge is 0.244 e. The third kappa shape index (κ3) is 5.73. The van der Waals surface area contributed by atoms with Crippen LogP contribution in [-0.4, -0.2) is 21.8 Å². The van der Waals surface area contributed by atoms with Crippen LogP contribution in [-0.2, 0) is 17.8 Å². The molecule has 162 valence electrons. The van der Waals surface area contributed by atoms with Crippen LogP contribution in [0.15, 0.2) is 78.9 Å². The number of carbonyl (C=O) groups excluding carboxylic acids is 1. The van der Waals surface area contributed by atoms with Gasteiger partial charge in [-0.2, -0.15) is 4.37 Å². The molecule has 4 rings (SSSR count). The third-order valence-electron chi connectivity index (χ3n) is 4.70. The number of hydrogen-bond donors (Lipinski definition) is 1. The predicted molar refractivity (Wildman–Crippen MR) is 122 cm³/mol. The lowest BCUT2D eigenvalue weighted by Gasteiger charge is -2.21. The Balaban J connectivity index is 1.51. The molecule has 0 aliphatic rings. The third-order valence-corrected chi connectivity index (χ3v) is 5.52. The van der Waals surface area contributed by atoms with Gasteiger partial charge in [-0.05, 0) is 35.4 Å². The van der Waals surface area contributed by atoms with Crippen molar-refractivity contribution in [2.45, 2.75) is 13.0 Å². The van der Waals surface area contributed by atoms with Crippen LogP contribution >= 0.6 is 11.5 Å². The Bertz CT molecular complexity index is 1180. The molecule has 0 atom stereocenters. The average Bonchev–Trinajstić information content (AvgIpc) is 3.26. The summed E-state index contributed by atoms with van der Waals surface area (Å²) in [5.74, 6) is -0.561. The highest BCUT2D eigenvalue weighted by Crippen LogP contribution is 2.22. The van der Waals surface area contributed by atoms with E-state index in [2.05, 4.69) is 14.7 Å². The van der Waals surface area contributed by atoms with Crippen molar-refractivity contribution in [3.63, 3.8) is 0 Å². The SMILES string of the molecule is O=C(CN(Cc1ccccc1)c1nc(Cc2ccc(F)cc2)ns1)Nc1ccccc1F. The Morgan fingerprint density at radius 1 is 0.906 bits per heavy atom. The van der Waals surface area contributed by atoms with Gasteiger partial charge in [0.2, 0.25) is 11.0 Å². The number of carbonyl (C=O) groups is 1. The van der Waals surface area contributed by atoms with Gasteiger partial charge in [0.15, 0.2) is 0 Å². The van der Waals surface area contributed by atoms with Crippen LogP contribution in [0.1, 0.15) is 17.0 Å². The molecular weight excluding hydrogens is 430 g/mol. The zero-order valence-electron chi connectivity index (χ0n) is 17.0. The number of aromatic nitrogens is 2. The molecule has 5 nitrogen and oxygen atoms in total. The highest BCUT2D eigenvalue weighted by Gasteiger charge is 2.18. The van der Waals surface area contributed by atoms with Crippen molar-refractivity contribution in [2.24, 2.45) is 0 Å². The Hall–Kier alpha value is -3.65. The number of nitrogens with one attached hydrogen (secondary N) is 1. The Morgan fingerprint density at radius 3 is 2.38 bits per heavy atom. The van der Waals surface area contributed by atoms with Gasteiger partial charge in [-0.3, -0.25) is 4.79 Å². The van der Waals surface area contributed by atoms with Gasteiger partial charge in [0.1, 0.15) is 17.5 Å². The van der Waals surface area contributed by atoms with Gasteiger partial charge in [0.05, 0.1) is 12.2 Å². The Kier molecular flexibility index (Phi) is 6.81. The highest BCUT2D eigenvalue weighted by atomic mass is 32.1. The lowest BCUT2D eigenvalue weighted by Crippen LogP contribution is -2.33. The zero-order valence-corrected chi connectivity index (χ0v) is 17.9. The van der Waals surface area contributed by atoms with Crippen molar-refractivity contribution in [3.05, 3.63) is 107 Å². The maximum atomic E-state index is 13.9. The molecule has 0 radical (unpaired) electrons. The molecule has 0 unspecified atom stereocenters. The maximum absolute atomic E-state index is 13.9. The minimum atomic E-state index is -0.493. The number of para-hydroxylation sites is 1. The van der Waals surface area contributed by atoms with Gasteiger partial charge >= 0.3 is 0 Å². The van der Waals surface area contributed by atoms with E-state index in [1.54, 1.807) is 29.2 Å². The van der Waals surface area contributed by atoms with Gasteiger partial charge in [-0.15, -0.1) is 0 Å². The number of hydrogen-bond acceptors (Lipinski definition) is 5. The molecule has 1 N–H and O–H groups in total. The lowest BCUT2D eigenvalue weighted by atomic mass is 10.1. The number of anilines is 2. The fraction of sp³-hybridized carbons (Fsp3) is 0.125. The summed E-state index contributed by atoms with van der Waals surface area (Å²) in [6, 6.07) is 21.9. The quantitative estimate of drug-likeness (QED) is 0.408. The van der Waals surface area contributed by atoms with Crippen molar-refractivity contribution in [2.75, 3.05) is 16.8 Å². The lowest BCUT2D eigenvalue weighted by molar-refractivity contribution is -0.115. The fourth-order valence-corrected chi connectivity index (χ4v) is 3.83. The van der Waals surface area contributed by atoms with Crippen molar-refractivity contribution in [1.29, 1.82) is 0 Å². The van der Waals surface area contributed by atoms with E-state index in [9.17, 15) is 13.6 Å². The van der Waals surface area contributed by atoms with Crippen LogP contribution in [0.5, 0.6) is 0 Å². The minimum Gasteiger partial charge on any atom is -0.333 e. The standard InChI is InChI=1S/C24H20F2N4OS/c25-19-12-10-17(11-13-19)14-22-28-24(32-29-22)30(15-18-6-2-1-3-7-18)16-23(31)27-21-9-5-4-8-20(21)26/h1-13H,14-16H2,(H,27,31). The summed E-state index contributed by atoms with van der Waals surface area (Å²) >= 11 is 1.19. The first-order valence-corrected chi connectivity index (χ1v) is 10.7. The number of benzene rings is 3. The number of nitrogens with zero attached hydrogens (tertiary/aromatic N) is 3. The largest absolute Gasteiger partial charge is 0.333 e. The van der Waals surface area contributed by atoms with E-state index in [0.717, 1.165) is 11.1 Å². The summed E-state index contributed by atoms with van der Waals surface area (Å²) in [6.07, 6.45) is 0.456. The van der Waals surface area contributed by atoms with Crippen LogP contribution < -0.4 is 10.2 Å². The van der Waals surface area contributed by atoms with Gasteiger partial charge in [0.25, 0.3) is 0 Å². The second-order valence-corrected chi connectivity index (χ2v) is 7.90. The molecule has 0 aliphatic heterocycles. The van der Waals surface area contributed by atoms with Crippen LogP contribution in [0, 0.1) is 11.6 Å². The Morgan fingerprint density at radius 2 is 1.62 bits per heavy atom. The predicted octanol–water partition coefficient (Wildman–Crippen LogP) is 5.05. The first-order valence-electron chi connectivity index (χ1n) is 9.97. The monoisotopic (exact) mass is 450 g/mol.